The van der Waals surface area contributed by atoms with Crippen molar-refractivity contribution >= 4 is 45.7 Å². The van der Waals surface area contributed by atoms with E-state index in [9.17, 15) is 18.0 Å². The number of amides is 2. The summed E-state index contributed by atoms with van der Waals surface area (Å²) in [6.45, 7) is 0.282. The molecule has 5 aromatic rings. The van der Waals surface area contributed by atoms with Gasteiger partial charge in [0.05, 0.1) is 16.5 Å². The first-order valence-electron chi connectivity index (χ1n) is 11.7. The Bertz CT molecular complexity index is 1630. The Morgan fingerprint density at radius 2 is 1.67 bits per heavy atom. The Morgan fingerprint density at radius 1 is 0.949 bits per heavy atom. The molecule has 0 atom stereocenters. The van der Waals surface area contributed by atoms with Gasteiger partial charge in [0.15, 0.2) is 5.82 Å². The lowest BCUT2D eigenvalue weighted by Crippen LogP contribution is -2.19. The Hall–Kier alpha value is -4.70. The molecule has 1 heterocycles. The Balaban J connectivity index is 1.30. The summed E-state index contributed by atoms with van der Waals surface area (Å²) in [6, 6.07) is 21.6. The molecule has 11 heteroatoms. The van der Waals surface area contributed by atoms with Crippen LogP contribution in [-0.4, -0.2) is 16.2 Å². The summed E-state index contributed by atoms with van der Waals surface area (Å²) in [6.07, 6.45) is -4.50. The lowest BCUT2D eigenvalue weighted by atomic mass is 9.98. The van der Waals surface area contributed by atoms with E-state index in [1.165, 1.54) is 12.1 Å². The van der Waals surface area contributed by atoms with Crippen molar-refractivity contribution in [3.8, 4) is 16.9 Å². The van der Waals surface area contributed by atoms with E-state index in [0.29, 0.717) is 22.3 Å². The Morgan fingerprint density at radius 3 is 2.38 bits per heavy atom. The number of fused-ring (bicyclic) bond motifs is 1. The van der Waals surface area contributed by atoms with Gasteiger partial charge < -0.3 is 21.1 Å². The highest BCUT2D eigenvalue weighted by molar-refractivity contribution is 6.30. The number of anilines is 3. The first-order chi connectivity index (χ1) is 18.7. The lowest BCUT2D eigenvalue weighted by molar-refractivity contribution is -0.137. The monoisotopic (exact) mass is 551 g/mol. The number of urea groups is 1. The van der Waals surface area contributed by atoms with E-state index >= 15 is 0 Å². The number of hydrogen-bond donors (Lipinski definition) is 4. The summed E-state index contributed by atoms with van der Waals surface area (Å²) in [4.78, 5) is 12.3. The molecule has 0 aliphatic rings. The second-order valence-corrected chi connectivity index (χ2v) is 9.05. The van der Waals surface area contributed by atoms with E-state index in [1.807, 2.05) is 12.1 Å². The van der Waals surface area contributed by atoms with Gasteiger partial charge in [-0.25, -0.2) is 4.79 Å². The fraction of sp³-hybridized carbons (Fsp3) is 0.0714. The maximum absolute atomic E-state index is 12.9. The van der Waals surface area contributed by atoms with Crippen LogP contribution in [0.25, 0.3) is 22.0 Å². The number of aromatic nitrogens is 2. The molecule has 7 nitrogen and oxygen atoms in total. The third kappa shape index (κ3) is 5.91. The predicted molar refractivity (Wildman–Crippen MR) is 146 cm³/mol. The molecule has 0 aliphatic carbocycles. The second kappa shape index (κ2) is 10.6. The number of H-pyrrole nitrogens is 1. The molecule has 1 aromatic heterocycles. The summed E-state index contributed by atoms with van der Waals surface area (Å²) in [5, 5.41) is 13.5. The zero-order chi connectivity index (χ0) is 27.6. The van der Waals surface area contributed by atoms with Crippen molar-refractivity contribution in [2.75, 3.05) is 16.4 Å². The fourth-order valence-corrected chi connectivity index (χ4v) is 4.19. The number of benzene rings is 4. The van der Waals surface area contributed by atoms with Crippen LogP contribution in [0.3, 0.4) is 0 Å². The number of hydrogen-bond acceptors (Lipinski definition) is 4. The molecule has 0 radical (unpaired) electrons. The number of ether oxygens (including phenoxy) is 1. The molecule has 0 bridgehead atoms. The fourth-order valence-electron chi connectivity index (χ4n) is 4.06. The number of nitrogens with two attached hydrogens (primary N) is 1. The van der Waals surface area contributed by atoms with Crippen molar-refractivity contribution < 1.29 is 22.7 Å². The second-order valence-electron chi connectivity index (χ2n) is 8.61. The molecular weight excluding hydrogens is 531 g/mol. The molecule has 4 aromatic carbocycles. The SMILES string of the molecule is Nc1n[nH]c2c(COc3ccc(Cl)cc3)ccc(-c3ccc(NC(=O)Nc4cccc(C(F)(F)F)c4)cc3)c12. The molecule has 198 valence electrons. The Labute approximate surface area is 225 Å². The average Bonchev–Trinajstić information content (AvgIpc) is 3.30. The maximum Gasteiger partial charge on any atom is 0.416 e. The molecule has 0 fully saturated rings. The predicted octanol–water partition coefficient (Wildman–Crippen LogP) is 7.71. The zero-order valence-electron chi connectivity index (χ0n) is 20.1. The molecule has 2 amide bonds. The maximum atomic E-state index is 12.9. The molecule has 0 unspecified atom stereocenters. The van der Waals surface area contributed by atoms with Gasteiger partial charge in [-0.05, 0) is 65.7 Å². The molecule has 5 N–H and O–H groups in total. The number of nitrogens with zero attached hydrogens (tertiary/aromatic N) is 1. The molecule has 0 aliphatic heterocycles. The smallest absolute Gasteiger partial charge is 0.416 e. The zero-order valence-corrected chi connectivity index (χ0v) is 20.9. The van der Waals surface area contributed by atoms with Crippen LogP contribution < -0.4 is 21.1 Å². The third-order valence-corrected chi connectivity index (χ3v) is 6.20. The number of halogens is 4. The number of aromatic amines is 1. The molecule has 5 rings (SSSR count). The number of nitrogens with one attached hydrogen (secondary N) is 3. The van der Waals surface area contributed by atoms with Crippen LogP contribution in [0.4, 0.5) is 35.2 Å². The van der Waals surface area contributed by atoms with Gasteiger partial charge in [0.25, 0.3) is 0 Å². The van der Waals surface area contributed by atoms with Gasteiger partial charge in [0.1, 0.15) is 12.4 Å². The van der Waals surface area contributed by atoms with Crippen molar-refractivity contribution in [1.29, 1.82) is 0 Å². The van der Waals surface area contributed by atoms with Crippen molar-refractivity contribution in [3.63, 3.8) is 0 Å². The highest BCUT2D eigenvalue weighted by Crippen LogP contribution is 2.35. The van der Waals surface area contributed by atoms with Crippen LogP contribution in [0.1, 0.15) is 11.1 Å². The Kier molecular flexibility index (Phi) is 7.03. The molecule has 0 saturated carbocycles. The van der Waals surface area contributed by atoms with Crippen molar-refractivity contribution in [3.05, 3.63) is 101 Å². The van der Waals surface area contributed by atoms with Gasteiger partial charge in [-0.1, -0.05) is 41.9 Å². The van der Waals surface area contributed by atoms with Crippen molar-refractivity contribution in [2.45, 2.75) is 12.8 Å². The van der Waals surface area contributed by atoms with Crippen LogP contribution in [0.5, 0.6) is 5.75 Å². The summed E-state index contributed by atoms with van der Waals surface area (Å²) in [5.41, 5.74) is 9.05. The van der Waals surface area contributed by atoms with Crippen LogP contribution in [0.2, 0.25) is 5.02 Å². The molecular formula is C28H21ClF3N5O2. The third-order valence-electron chi connectivity index (χ3n) is 5.95. The van der Waals surface area contributed by atoms with E-state index in [1.54, 1.807) is 48.5 Å². The minimum atomic E-state index is -4.50. The van der Waals surface area contributed by atoms with Gasteiger partial charge in [0, 0.05) is 22.0 Å². The van der Waals surface area contributed by atoms with Gasteiger partial charge in [-0.3, -0.25) is 5.10 Å². The molecule has 0 spiro atoms. The number of carbonyl (C=O) groups excluding carboxylic acids is 1. The van der Waals surface area contributed by atoms with Gasteiger partial charge in [-0.2, -0.15) is 18.3 Å². The van der Waals surface area contributed by atoms with E-state index in [4.69, 9.17) is 22.1 Å². The molecule has 0 saturated heterocycles. The van der Waals surface area contributed by atoms with E-state index < -0.39 is 17.8 Å². The quantitative estimate of drug-likeness (QED) is 0.173. The van der Waals surface area contributed by atoms with Gasteiger partial charge in [0.2, 0.25) is 0 Å². The van der Waals surface area contributed by atoms with Crippen LogP contribution in [0, 0.1) is 0 Å². The van der Waals surface area contributed by atoms with Gasteiger partial charge in [-0.15, -0.1) is 0 Å². The minimum absolute atomic E-state index is 0.0249. The van der Waals surface area contributed by atoms with Crippen molar-refractivity contribution in [2.24, 2.45) is 0 Å². The number of carbonyl (C=O) groups is 1. The summed E-state index contributed by atoms with van der Waals surface area (Å²) in [7, 11) is 0. The number of alkyl halides is 3. The van der Waals surface area contributed by atoms with E-state index in [-0.39, 0.29) is 12.3 Å². The van der Waals surface area contributed by atoms with E-state index in [2.05, 4.69) is 20.8 Å². The number of rotatable bonds is 6. The van der Waals surface area contributed by atoms with Crippen LogP contribution >= 0.6 is 11.6 Å². The topological polar surface area (TPSA) is 105 Å². The van der Waals surface area contributed by atoms with Crippen molar-refractivity contribution in [1.82, 2.24) is 10.2 Å². The summed E-state index contributed by atoms with van der Waals surface area (Å²) < 4.78 is 44.6. The van der Waals surface area contributed by atoms with E-state index in [0.717, 1.165) is 39.7 Å². The standard InChI is InChI=1S/C28H21ClF3N5O2/c29-19-7-11-22(12-8-19)39-15-17-6-13-23(24-25(17)36-37-26(24)33)16-4-9-20(10-5-16)34-27(38)35-21-3-1-2-18(14-21)28(30,31)32/h1-14H,15H2,(H3,33,36,37)(H2,34,35,38). The summed E-state index contributed by atoms with van der Waals surface area (Å²) in [5.74, 6) is 1.00. The normalized spacial score (nSPS) is 11.4. The first-order valence-corrected chi connectivity index (χ1v) is 12.0. The highest BCUT2D eigenvalue weighted by Gasteiger charge is 2.30. The highest BCUT2D eigenvalue weighted by atomic mass is 35.5. The lowest BCUT2D eigenvalue weighted by Gasteiger charge is -2.12. The average molecular weight is 552 g/mol. The largest absolute Gasteiger partial charge is 0.489 e. The molecule has 39 heavy (non-hydrogen) atoms. The minimum Gasteiger partial charge on any atom is -0.489 e. The number of nitrogen functional groups attached to an aromatic ring is 1. The first kappa shape index (κ1) is 25.9. The van der Waals surface area contributed by atoms with Gasteiger partial charge >= 0.3 is 12.2 Å². The summed E-state index contributed by atoms with van der Waals surface area (Å²) >= 11 is 5.93. The van der Waals surface area contributed by atoms with Crippen LogP contribution in [0.15, 0.2) is 84.9 Å². The van der Waals surface area contributed by atoms with Crippen LogP contribution in [-0.2, 0) is 12.8 Å².